The Balaban J connectivity index is 2.05. The molecular formula is C20H23N3O2. The minimum absolute atomic E-state index is 0.0238. The number of nitrogens with two attached hydrogens (primary N) is 1. The molecule has 0 aliphatic rings. The summed E-state index contributed by atoms with van der Waals surface area (Å²) in [6.07, 6.45) is 1.85. The van der Waals surface area contributed by atoms with Crippen LogP contribution in [-0.2, 0) is 0 Å². The molecule has 0 saturated carbocycles. The lowest BCUT2D eigenvalue weighted by atomic mass is 10.1. The highest BCUT2D eigenvalue weighted by Gasteiger charge is 2.25. The molecule has 0 aliphatic carbocycles. The first kappa shape index (κ1) is 17.0. The predicted octanol–water partition coefficient (Wildman–Crippen LogP) is 3.56. The lowest BCUT2D eigenvalue weighted by molar-refractivity contribution is 0.0981. The van der Waals surface area contributed by atoms with Crippen LogP contribution >= 0.6 is 0 Å². The number of para-hydroxylation sites is 2. The normalized spacial score (nSPS) is 11.0. The topological polar surface area (TPSA) is 71.3 Å². The van der Waals surface area contributed by atoms with E-state index >= 15 is 0 Å². The number of anilines is 1. The van der Waals surface area contributed by atoms with Crippen molar-refractivity contribution in [3.05, 3.63) is 60.3 Å². The summed E-state index contributed by atoms with van der Waals surface area (Å²) in [6.45, 7) is 4.82. The Morgan fingerprint density at radius 2 is 1.96 bits per heavy atom. The molecule has 25 heavy (non-hydrogen) atoms. The zero-order valence-electron chi connectivity index (χ0n) is 14.5. The molecule has 5 nitrogen and oxygen atoms in total. The van der Waals surface area contributed by atoms with Crippen molar-refractivity contribution in [2.75, 3.05) is 18.1 Å². The van der Waals surface area contributed by atoms with Gasteiger partial charge in [0.15, 0.2) is 0 Å². The van der Waals surface area contributed by atoms with Crippen LogP contribution in [0, 0.1) is 0 Å². The highest BCUT2D eigenvalue weighted by atomic mass is 16.5. The molecule has 2 aromatic carbocycles. The maximum Gasteiger partial charge on any atom is 0.259 e. The maximum atomic E-state index is 13.4. The summed E-state index contributed by atoms with van der Waals surface area (Å²) in [5.41, 5.74) is 7.92. The van der Waals surface area contributed by atoms with Crippen molar-refractivity contribution in [2.24, 2.45) is 5.73 Å². The van der Waals surface area contributed by atoms with Gasteiger partial charge in [-0.05, 0) is 44.2 Å². The van der Waals surface area contributed by atoms with E-state index in [9.17, 15) is 4.79 Å². The molecule has 3 aromatic rings. The summed E-state index contributed by atoms with van der Waals surface area (Å²) in [5, 5.41) is 0.915. The van der Waals surface area contributed by atoms with E-state index in [1.807, 2.05) is 68.6 Å². The Labute approximate surface area is 147 Å². The van der Waals surface area contributed by atoms with E-state index in [0.717, 1.165) is 16.6 Å². The third kappa shape index (κ3) is 3.37. The standard InChI is InChI=1S/C20H23N3O2/c1-14(2)23(18-8-3-4-9-19(18)25-13-11-21)20(24)16-6-5-7-17-15(16)10-12-22-17/h3-10,12,14,22H,11,13,21H2,1-2H3. The van der Waals surface area contributed by atoms with E-state index < -0.39 is 0 Å². The van der Waals surface area contributed by atoms with Gasteiger partial charge in [-0.25, -0.2) is 0 Å². The molecule has 1 heterocycles. The van der Waals surface area contributed by atoms with Gasteiger partial charge in [0.05, 0.1) is 5.69 Å². The number of H-pyrrole nitrogens is 1. The van der Waals surface area contributed by atoms with Crippen molar-refractivity contribution in [3.8, 4) is 5.75 Å². The first-order valence-electron chi connectivity index (χ1n) is 8.45. The summed E-state index contributed by atoms with van der Waals surface area (Å²) in [4.78, 5) is 18.3. The fourth-order valence-electron chi connectivity index (χ4n) is 2.97. The van der Waals surface area contributed by atoms with Gasteiger partial charge in [-0.15, -0.1) is 0 Å². The Bertz CT molecular complexity index is 870. The van der Waals surface area contributed by atoms with Crippen molar-refractivity contribution in [1.29, 1.82) is 0 Å². The van der Waals surface area contributed by atoms with Crippen molar-refractivity contribution in [1.82, 2.24) is 4.98 Å². The van der Waals surface area contributed by atoms with E-state index in [1.54, 1.807) is 4.90 Å². The summed E-state index contributed by atoms with van der Waals surface area (Å²) in [5.74, 6) is 0.611. The lowest BCUT2D eigenvalue weighted by Gasteiger charge is -2.29. The molecule has 0 saturated heterocycles. The van der Waals surface area contributed by atoms with E-state index in [1.165, 1.54) is 0 Å². The minimum atomic E-state index is -0.0519. The molecule has 0 radical (unpaired) electrons. The molecule has 1 amide bonds. The van der Waals surface area contributed by atoms with Crippen molar-refractivity contribution in [2.45, 2.75) is 19.9 Å². The molecule has 130 valence electrons. The fourth-order valence-corrected chi connectivity index (χ4v) is 2.97. The molecule has 3 N–H and O–H groups in total. The highest BCUT2D eigenvalue weighted by molar-refractivity contribution is 6.14. The number of hydrogen-bond donors (Lipinski definition) is 2. The van der Waals surface area contributed by atoms with Crippen LogP contribution in [0.25, 0.3) is 10.9 Å². The van der Waals surface area contributed by atoms with Crippen LogP contribution in [-0.4, -0.2) is 30.1 Å². The van der Waals surface area contributed by atoms with Crippen LogP contribution < -0.4 is 15.4 Å². The summed E-state index contributed by atoms with van der Waals surface area (Å²) >= 11 is 0. The number of hydrogen-bond acceptors (Lipinski definition) is 3. The molecule has 3 rings (SSSR count). The van der Waals surface area contributed by atoms with Gasteiger partial charge >= 0.3 is 0 Å². The van der Waals surface area contributed by atoms with Crippen LogP contribution in [0.15, 0.2) is 54.7 Å². The molecule has 0 fully saturated rings. The zero-order chi connectivity index (χ0) is 17.8. The van der Waals surface area contributed by atoms with Gasteiger partial charge in [-0.2, -0.15) is 0 Å². The first-order chi connectivity index (χ1) is 12.1. The number of rotatable bonds is 6. The molecule has 0 unspecified atom stereocenters. The van der Waals surface area contributed by atoms with Gasteiger partial charge in [0.2, 0.25) is 0 Å². The molecule has 5 heteroatoms. The number of fused-ring (bicyclic) bond motifs is 1. The fraction of sp³-hybridized carbons (Fsp3) is 0.250. The molecule has 0 atom stereocenters. The monoisotopic (exact) mass is 337 g/mol. The summed E-state index contributed by atoms with van der Waals surface area (Å²) < 4.78 is 5.75. The van der Waals surface area contributed by atoms with Crippen LogP contribution in [0.2, 0.25) is 0 Å². The molecule has 0 spiro atoms. The quantitative estimate of drug-likeness (QED) is 0.722. The summed E-state index contributed by atoms with van der Waals surface area (Å²) in [7, 11) is 0. The maximum absolute atomic E-state index is 13.4. The van der Waals surface area contributed by atoms with E-state index in [0.29, 0.717) is 24.5 Å². The number of carbonyl (C=O) groups is 1. The number of ether oxygens (including phenoxy) is 1. The van der Waals surface area contributed by atoms with Crippen LogP contribution in [0.3, 0.4) is 0 Å². The average Bonchev–Trinajstić information content (AvgIpc) is 3.09. The molecule has 0 bridgehead atoms. The van der Waals surface area contributed by atoms with Crippen LogP contribution in [0.1, 0.15) is 24.2 Å². The van der Waals surface area contributed by atoms with Gasteiger partial charge in [-0.1, -0.05) is 18.2 Å². The van der Waals surface area contributed by atoms with Crippen molar-refractivity contribution >= 4 is 22.5 Å². The van der Waals surface area contributed by atoms with Crippen LogP contribution in [0.5, 0.6) is 5.75 Å². The zero-order valence-corrected chi connectivity index (χ0v) is 14.5. The van der Waals surface area contributed by atoms with Gasteiger partial charge in [0, 0.05) is 35.2 Å². The smallest absolute Gasteiger partial charge is 0.259 e. The second kappa shape index (κ2) is 7.40. The Kier molecular flexibility index (Phi) is 5.05. The number of aromatic amines is 1. The number of nitrogens with zero attached hydrogens (tertiary/aromatic N) is 1. The Hall–Kier alpha value is -2.79. The largest absolute Gasteiger partial charge is 0.490 e. The Morgan fingerprint density at radius 1 is 1.16 bits per heavy atom. The average molecular weight is 337 g/mol. The third-order valence-electron chi connectivity index (χ3n) is 4.06. The first-order valence-corrected chi connectivity index (χ1v) is 8.45. The second-order valence-corrected chi connectivity index (χ2v) is 6.12. The van der Waals surface area contributed by atoms with E-state index in [4.69, 9.17) is 10.5 Å². The molecule has 1 aromatic heterocycles. The van der Waals surface area contributed by atoms with E-state index in [-0.39, 0.29) is 11.9 Å². The van der Waals surface area contributed by atoms with Crippen molar-refractivity contribution < 1.29 is 9.53 Å². The molecule has 0 aliphatic heterocycles. The predicted molar refractivity (Wildman–Crippen MR) is 101 cm³/mol. The Morgan fingerprint density at radius 3 is 2.72 bits per heavy atom. The number of carbonyl (C=O) groups excluding carboxylic acids is 1. The van der Waals surface area contributed by atoms with E-state index in [2.05, 4.69) is 4.98 Å². The SMILES string of the molecule is CC(C)N(C(=O)c1cccc2[nH]ccc12)c1ccccc1OCCN. The number of aromatic nitrogens is 1. The second-order valence-electron chi connectivity index (χ2n) is 6.12. The number of benzene rings is 2. The van der Waals surface area contributed by atoms with Crippen LogP contribution in [0.4, 0.5) is 5.69 Å². The van der Waals surface area contributed by atoms with Gasteiger partial charge in [-0.3, -0.25) is 4.79 Å². The number of nitrogens with one attached hydrogen (secondary N) is 1. The van der Waals surface area contributed by atoms with Gasteiger partial charge < -0.3 is 20.4 Å². The molecular weight excluding hydrogens is 314 g/mol. The highest BCUT2D eigenvalue weighted by Crippen LogP contribution is 2.32. The summed E-state index contributed by atoms with van der Waals surface area (Å²) in [6, 6.07) is 15.2. The number of amides is 1. The minimum Gasteiger partial charge on any atom is -0.490 e. The lowest BCUT2D eigenvalue weighted by Crippen LogP contribution is -2.37. The van der Waals surface area contributed by atoms with Crippen molar-refractivity contribution in [3.63, 3.8) is 0 Å². The van der Waals surface area contributed by atoms with Gasteiger partial charge in [0.1, 0.15) is 12.4 Å². The third-order valence-corrected chi connectivity index (χ3v) is 4.06. The van der Waals surface area contributed by atoms with Gasteiger partial charge in [0.25, 0.3) is 5.91 Å².